The molecule has 0 saturated heterocycles. The van der Waals surface area contributed by atoms with Crippen LogP contribution in [0.1, 0.15) is 17.2 Å². The molecule has 2 aromatic rings. The van der Waals surface area contributed by atoms with Gasteiger partial charge in [-0.1, -0.05) is 30.3 Å². The summed E-state index contributed by atoms with van der Waals surface area (Å²) < 4.78 is 74.2. The molecule has 0 amide bonds. The fraction of sp³-hybridized carbons (Fsp3) is 0.250. The van der Waals surface area contributed by atoms with Crippen molar-refractivity contribution in [3.8, 4) is 0 Å². The van der Waals surface area contributed by atoms with Crippen LogP contribution < -0.4 is 0 Å². The molecule has 23 heavy (non-hydrogen) atoms. The highest BCUT2D eigenvalue weighted by Gasteiger charge is 2.34. The topological polar surface area (TPSA) is 9.23 Å². The van der Waals surface area contributed by atoms with Crippen LogP contribution >= 0.6 is 0 Å². The zero-order valence-corrected chi connectivity index (χ0v) is 13.8. The van der Waals surface area contributed by atoms with Crippen LogP contribution in [0.2, 0.25) is 19.6 Å². The predicted molar refractivity (Wildman–Crippen MR) is 78.9 cm³/mol. The minimum Gasteiger partial charge on any atom is -0.406 e. The fourth-order valence-electron chi connectivity index (χ4n) is 2.13. The lowest BCUT2D eigenvalue weighted by molar-refractivity contribution is 0.220. The highest BCUT2D eigenvalue weighted by molar-refractivity contribution is 6.69. The zero-order chi connectivity index (χ0) is 17.4. The number of hydrogen-bond acceptors (Lipinski definition) is 1. The third-order valence-corrected chi connectivity index (χ3v) is 4.02. The maximum atomic E-state index is 14.1. The first kappa shape index (κ1) is 17.6. The Hall–Kier alpha value is -1.73. The van der Waals surface area contributed by atoms with Gasteiger partial charge in [-0.15, -0.1) is 0 Å². The van der Waals surface area contributed by atoms with Crippen LogP contribution in [0, 0.1) is 29.1 Å². The Kier molecular flexibility index (Phi) is 4.91. The van der Waals surface area contributed by atoms with E-state index in [1.54, 1.807) is 37.8 Å². The third-order valence-electron chi connectivity index (χ3n) is 3.08. The van der Waals surface area contributed by atoms with Crippen molar-refractivity contribution in [3.63, 3.8) is 0 Å². The van der Waals surface area contributed by atoms with E-state index in [0.29, 0.717) is 5.56 Å². The van der Waals surface area contributed by atoms with E-state index in [1.165, 1.54) is 12.1 Å². The van der Waals surface area contributed by atoms with E-state index in [0.717, 1.165) is 0 Å². The van der Waals surface area contributed by atoms with E-state index in [4.69, 9.17) is 4.43 Å². The molecule has 7 heteroatoms. The van der Waals surface area contributed by atoms with Crippen LogP contribution in [-0.4, -0.2) is 8.32 Å². The molecule has 0 spiro atoms. The zero-order valence-electron chi connectivity index (χ0n) is 12.8. The largest absolute Gasteiger partial charge is 0.406 e. The highest BCUT2D eigenvalue weighted by atomic mass is 28.4. The average Bonchev–Trinajstić information content (AvgIpc) is 2.50. The first-order valence-electron chi connectivity index (χ1n) is 6.87. The minimum absolute atomic E-state index is 0.318. The second kappa shape index (κ2) is 6.41. The molecule has 0 aliphatic rings. The van der Waals surface area contributed by atoms with Gasteiger partial charge in [0.15, 0.2) is 31.6 Å². The van der Waals surface area contributed by atoms with Crippen LogP contribution in [0.5, 0.6) is 0 Å². The van der Waals surface area contributed by atoms with E-state index >= 15 is 0 Å². The summed E-state index contributed by atoms with van der Waals surface area (Å²) in [6.07, 6.45) is -1.37. The SMILES string of the molecule is C[Si](C)(C)O[C@H](c1ccccc1)c1c(F)c(F)c(F)c(F)c1F. The lowest BCUT2D eigenvalue weighted by Crippen LogP contribution is -2.30. The second-order valence-electron chi connectivity index (χ2n) is 6.00. The van der Waals surface area contributed by atoms with Crippen LogP contribution in [0.3, 0.4) is 0 Å². The lowest BCUT2D eigenvalue weighted by Gasteiger charge is -2.28. The van der Waals surface area contributed by atoms with Crippen molar-refractivity contribution in [3.05, 3.63) is 70.5 Å². The van der Waals surface area contributed by atoms with E-state index in [9.17, 15) is 22.0 Å². The summed E-state index contributed by atoms with van der Waals surface area (Å²) in [5.41, 5.74) is -0.645. The molecule has 2 rings (SSSR count). The molecule has 2 aromatic carbocycles. The number of benzene rings is 2. The molecule has 0 aliphatic carbocycles. The van der Waals surface area contributed by atoms with E-state index in [-0.39, 0.29) is 0 Å². The van der Waals surface area contributed by atoms with Crippen LogP contribution in [-0.2, 0) is 4.43 Å². The molecule has 0 aliphatic heterocycles. The molecular weight excluding hydrogens is 331 g/mol. The molecule has 1 nitrogen and oxygen atoms in total. The first-order chi connectivity index (χ1) is 10.6. The van der Waals surface area contributed by atoms with Gasteiger partial charge in [-0.2, -0.15) is 0 Å². The quantitative estimate of drug-likeness (QED) is 0.315. The Morgan fingerprint density at radius 3 is 1.61 bits per heavy atom. The van der Waals surface area contributed by atoms with E-state index in [1.807, 2.05) is 0 Å². The maximum absolute atomic E-state index is 14.1. The van der Waals surface area contributed by atoms with Crippen molar-refractivity contribution in [1.82, 2.24) is 0 Å². The summed E-state index contributed by atoms with van der Waals surface area (Å²) in [6.45, 7) is 5.28. The van der Waals surface area contributed by atoms with Crippen LogP contribution in [0.15, 0.2) is 30.3 Å². The standard InChI is InChI=1S/C16H15F5OSi/c1-23(2,3)22-16(9-7-5-4-6-8-9)10-11(17)13(19)15(21)14(20)12(10)18/h4-8,16H,1-3H3/t16-/m1/s1. The fourth-order valence-corrected chi connectivity index (χ4v) is 3.09. The summed E-state index contributed by atoms with van der Waals surface area (Å²) >= 11 is 0. The predicted octanol–water partition coefficient (Wildman–Crippen LogP) is 5.32. The summed E-state index contributed by atoms with van der Waals surface area (Å²) in [6, 6.07) is 7.91. The smallest absolute Gasteiger partial charge is 0.200 e. The van der Waals surface area contributed by atoms with Gasteiger partial charge in [-0.3, -0.25) is 0 Å². The van der Waals surface area contributed by atoms with Crippen molar-refractivity contribution in [2.75, 3.05) is 0 Å². The first-order valence-corrected chi connectivity index (χ1v) is 10.3. The van der Waals surface area contributed by atoms with Gasteiger partial charge in [-0.25, -0.2) is 22.0 Å². The van der Waals surface area contributed by atoms with Crippen LogP contribution in [0.25, 0.3) is 0 Å². The molecule has 0 aromatic heterocycles. The van der Waals surface area contributed by atoms with Crippen molar-refractivity contribution in [2.45, 2.75) is 25.7 Å². The summed E-state index contributed by atoms with van der Waals surface area (Å²) in [7, 11) is -2.35. The van der Waals surface area contributed by atoms with Gasteiger partial charge in [0.2, 0.25) is 5.82 Å². The Bertz CT molecular complexity index is 684. The highest BCUT2D eigenvalue weighted by Crippen LogP contribution is 2.35. The number of hydrogen-bond donors (Lipinski definition) is 0. The van der Waals surface area contributed by atoms with Gasteiger partial charge in [0.05, 0.1) is 5.56 Å². The van der Waals surface area contributed by atoms with Crippen molar-refractivity contribution < 1.29 is 26.4 Å². The molecule has 1 atom stereocenters. The molecule has 0 radical (unpaired) electrons. The third kappa shape index (κ3) is 3.61. The van der Waals surface area contributed by atoms with Crippen molar-refractivity contribution >= 4 is 8.32 Å². The molecular formula is C16H15F5OSi. The lowest BCUT2D eigenvalue weighted by atomic mass is 10.00. The molecule has 0 fully saturated rings. The van der Waals surface area contributed by atoms with E-state index < -0.39 is 49.1 Å². The van der Waals surface area contributed by atoms with E-state index in [2.05, 4.69) is 0 Å². The normalized spacial score (nSPS) is 13.2. The van der Waals surface area contributed by atoms with Crippen LogP contribution in [0.4, 0.5) is 22.0 Å². The van der Waals surface area contributed by atoms with Gasteiger partial charge in [0, 0.05) is 0 Å². The molecule has 124 valence electrons. The molecule has 0 saturated carbocycles. The van der Waals surface area contributed by atoms with Gasteiger partial charge in [0.25, 0.3) is 0 Å². The van der Waals surface area contributed by atoms with Crippen molar-refractivity contribution in [2.24, 2.45) is 0 Å². The molecule has 0 N–H and O–H groups in total. The molecule has 0 heterocycles. The minimum atomic E-state index is -2.35. The van der Waals surface area contributed by atoms with Gasteiger partial charge in [-0.05, 0) is 25.2 Å². The number of rotatable bonds is 4. The maximum Gasteiger partial charge on any atom is 0.200 e. The van der Waals surface area contributed by atoms with Gasteiger partial charge in [0.1, 0.15) is 6.10 Å². The Morgan fingerprint density at radius 2 is 1.17 bits per heavy atom. The second-order valence-corrected chi connectivity index (χ2v) is 10.5. The van der Waals surface area contributed by atoms with Gasteiger partial charge >= 0.3 is 0 Å². The summed E-state index contributed by atoms with van der Waals surface area (Å²) in [5.74, 6) is -9.86. The van der Waals surface area contributed by atoms with Gasteiger partial charge < -0.3 is 4.43 Å². The molecule has 0 unspecified atom stereocenters. The Morgan fingerprint density at radius 1 is 0.739 bits per heavy atom. The van der Waals surface area contributed by atoms with Crippen molar-refractivity contribution in [1.29, 1.82) is 0 Å². The number of halogens is 5. The molecule has 0 bridgehead atoms. The summed E-state index contributed by atoms with van der Waals surface area (Å²) in [4.78, 5) is 0. The Labute approximate surface area is 131 Å². The average molecular weight is 346 g/mol. The Balaban J connectivity index is 2.70. The summed E-state index contributed by atoms with van der Waals surface area (Å²) in [5, 5.41) is 0. The monoisotopic (exact) mass is 346 g/mol.